The summed E-state index contributed by atoms with van der Waals surface area (Å²) in [6.07, 6.45) is 3.56. The van der Waals surface area contributed by atoms with Crippen molar-refractivity contribution in [3.8, 4) is 0 Å². The first-order chi connectivity index (χ1) is 7.28. The largest absolute Gasteiger partial charge is 0.370 e. The molecular weight excluding hydrogens is 206 g/mol. The molecule has 1 saturated carbocycles. The molecule has 4 heteroatoms. The molecule has 1 fully saturated rings. The second-order valence-corrected chi connectivity index (χ2v) is 5.09. The van der Waals surface area contributed by atoms with Crippen LogP contribution in [0.25, 0.3) is 0 Å². The van der Waals surface area contributed by atoms with Gasteiger partial charge in [0.1, 0.15) is 0 Å². The molecule has 0 spiro atoms. The fraction of sp³-hybridized carbons (Fsp3) is 0.545. The number of nitrogens with zero attached hydrogens (tertiary/aromatic N) is 1. The summed E-state index contributed by atoms with van der Waals surface area (Å²) in [5.74, 6) is 0.587. The summed E-state index contributed by atoms with van der Waals surface area (Å²) >= 11 is 1.82. The highest BCUT2D eigenvalue weighted by molar-refractivity contribution is 7.11. The Morgan fingerprint density at radius 3 is 2.87 bits per heavy atom. The lowest BCUT2D eigenvalue weighted by Gasteiger charge is -2.01. The van der Waals surface area contributed by atoms with E-state index in [1.807, 2.05) is 11.3 Å². The minimum Gasteiger partial charge on any atom is -0.370 e. The van der Waals surface area contributed by atoms with Crippen LogP contribution in [-0.4, -0.2) is 12.0 Å². The van der Waals surface area contributed by atoms with Crippen LogP contribution in [0.5, 0.6) is 0 Å². The summed E-state index contributed by atoms with van der Waals surface area (Å²) < 4.78 is 0. The van der Waals surface area contributed by atoms with E-state index in [-0.39, 0.29) is 0 Å². The Balaban J connectivity index is 1.84. The van der Waals surface area contributed by atoms with Crippen LogP contribution < -0.4 is 11.1 Å². The number of aliphatic imine (C=N–C) groups is 1. The molecule has 0 unspecified atom stereocenters. The standard InChI is InChI=1S/C11H17N3S/c1-2-9-5-6-10(15-9)7-13-11(12)14-8-3-4-8/h5-6,8H,2-4,7H2,1H3,(H3,12,13,14). The van der Waals surface area contributed by atoms with Crippen molar-refractivity contribution < 1.29 is 0 Å². The molecule has 0 bridgehead atoms. The molecule has 1 aliphatic rings. The molecule has 0 radical (unpaired) electrons. The molecule has 1 heterocycles. The third-order valence-electron chi connectivity index (χ3n) is 2.40. The van der Waals surface area contributed by atoms with E-state index in [1.165, 1.54) is 22.6 Å². The molecule has 1 aromatic heterocycles. The summed E-state index contributed by atoms with van der Waals surface area (Å²) in [5, 5.41) is 3.18. The van der Waals surface area contributed by atoms with Gasteiger partial charge in [-0.3, -0.25) is 0 Å². The third kappa shape index (κ3) is 3.23. The Morgan fingerprint density at radius 2 is 2.27 bits per heavy atom. The van der Waals surface area contributed by atoms with Crippen LogP contribution in [0.15, 0.2) is 17.1 Å². The van der Waals surface area contributed by atoms with Crippen molar-refractivity contribution in [2.45, 2.75) is 38.8 Å². The van der Waals surface area contributed by atoms with Crippen molar-refractivity contribution in [1.82, 2.24) is 5.32 Å². The van der Waals surface area contributed by atoms with E-state index in [2.05, 4.69) is 29.4 Å². The lowest BCUT2D eigenvalue weighted by Crippen LogP contribution is -2.33. The summed E-state index contributed by atoms with van der Waals surface area (Å²) in [4.78, 5) is 7.01. The van der Waals surface area contributed by atoms with E-state index >= 15 is 0 Å². The molecule has 1 aliphatic carbocycles. The number of hydrogen-bond acceptors (Lipinski definition) is 2. The van der Waals surface area contributed by atoms with E-state index in [0.29, 0.717) is 18.5 Å². The first-order valence-electron chi connectivity index (χ1n) is 5.42. The highest BCUT2D eigenvalue weighted by atomic mass is 32.1. The second kappa shape index (κ2) is 4.66. The van der Waals surface area contributed by atoms with Gasteiger partial charge in [0.25, 0.3) is 0 Å². The molecule has 82 valence electrons. The summed E-state index contributed by atoms with van der Waals surface area (Å²) in [7, 11) is 0. The van der Waals surface area contributed by atoms with E-state index < -0.39 is 0 Å². The van der Waals surface area contributed by atoms with E-state index in [1.54, 1.807) is 0 Å². The van der Waals surface area contributed by atoms with Gasteiger partial charge in [0.2, 0.25) is 0 Å². The molecular formula is C11H17N3S. The van der Waals surface area contributed by atoms with Crippen LogP contribution in [-0.2, 0) is 13.0 Å². The van der Waals surface area contributed by atoms with Crippen molar-refractivity contribution in [3.05, 3.63) is 21.9 Å². The van der Waals surface area contributed by atoms with Gasteiger partial charge in [-0.2, -0.15) is 0 Å². The van der Waals surface area contributed by atoms with Crippen LogP contribution in [0.1, 0.15) is 29.5 Å². The van der Waals surface area contributed by atoms with Gasteiger partial charge >= 0.3 is 0 Å². The van der Waals surface area contributed by atoms with Crippen molar-refractivity contribution >= 4 is 17.3 Å². The van der Waals surface area contributed by atoms with Crippen molar-refractivity contribution in [3.63, 3.8) is 0 Å². The number of hydrogen-bond donors (Lipinski definition) is 2. The number of guanidine groups is 1. The summed E-state index contributed by atoms with van der Waals surface area (Å²) in [6, 6.07) is 4.89. The maximum Gasteiger partial charge on any atom is 0.189 e. The normalized spacial score (nSPS) is 16.7. The number of nitrogens with one attached hydrogen (secondary N) is 1. The molecule has 3 N–H and O–H groups in total. The van der Waals surface area contributed by atoms with Crippen LogP contribution in [0, 0.1) is 0 Å². The zero-order valence-corrected chi connectivity index (χ0v) is 9.81. The van der Waals surface area contributed by atoms with Gasteiger partial charge in [-0.1, -0.05) is 6.92 Å². The number of nitrogens with two attached hydrogens (primary N) is 1. The molecule has 0 saturated heterocycles. The molecule has 1 aromatic rings. The molecule has 0 aliphatic heterocycles. The smallest absolute Gasteiger partial charge is 0.189 e. The first kappa shape index (κ1) is 10.5. The van der Waals surface area contributed by atoms with Crippen LogP contribution in [0.2, 0.25) is 0 Å². The molecule has 0 amide bonds. The quantitative estimate of drug-likeness (QED) is 0.605. The topological polar surface area (TPSA) is 50.4 Å². The van der Waals surface area contributed by atoms with E-state index in [9.17, 15) is 0 Å². The molecule has 3 nitrogen and oxygen atoms in total. The zero-order chi connectivity index (χ0) is 10.7. The lowest BCUT2D eigenvalue weighted by atomic mass is 10.4. The van der Waals surface area contributed by atoms with Crippen LogP contribution in [0.4, 0.5) is 0 Å². The highest BCUT2D eigenvalue weighted by Crippen LogP contribution is 2.19. The minimum absolute atomic E-state index is 0.586. The van der Waals surface area contributed by atoms with Gasteiger partial charge in [-0.15, -0.1) is 11.3 Å². The molecule has 2 rings (SSSR count). The van der Waals surface area contributed by atoms with E-state index in [0.717, 1.165) is 6.42 Å². The number of thiophene rings is 1. The van der Waals surface area contributed by atoms with E-state index in [4.69, 9.17) is 5.73 Å². The minimum atomic E-state index is 0.586. The molecule has 15 heavy (non-hydrogen) atoms. The predicted octanol–water partition coefficient (Wildman–Crippen LogP) is 1.88. The van der Waals surface area contributed by atoms with Gasteiger partial charge in [-0.25, -0.2) is 4.99 Å². The monoisotopic (exact) mass is 223 g/mol. The van der Waals surface area contributed by atoms with Crippen molar-refractivity contribution in [2.24, 2.45) is 10.7 Å². The average Bonchev–Trinajstić information content (AvgIpc) is 2.92. The fourth-order valence-electron chi connectivity index (χ4n) is 1.34. The Labute approximate surface area is 94.4 Å². The Bertz CT molecular complexity index is 352. The van der Waals surface area contributed by atoms with Gasteiger partial charge < -0.3 is 11.1 Å². The van der Waals surface area contributed by atoms with Crippen molar-refractivity contribution in [1.29, 1.82) is 0 Å². The highest BCUT2D eigenvalue weighted by Gasteiger charge is 2.21. The Morgan fingerprint density at radius 1 is 1.53 bits per heavy atom. The molecule has 0 atom stereocenters. The van der Waals surface area contributed by atoms with Crippen LogP contribution in [0.3, 0.4) is 0 Å². The Kier molecular flexibility index (Phi) is 3.26. The average molecular weight is 223 g/mol. The lowest BCUT2D eigenvalue weighted by molar-refractivity contribution is 0.881. The Hall–Kier alpha value is -1.03. The van der Waals surface area contributed by atoms with Crippen LogP contribution >= 0.6 is 11.3 Å². The predicted molar refractivity (Wildman–Crippen MR) is 65.2 cm³/mol. The SMILES string of the molecule is CCc1ccc(CN=C(N)NC2CC2)s1. The van der Waals surface area contributed by atoms with Gasteiger partial charge in [0.05, 0.1) is 6.54 Å². The maximum absolute atomic E-state index is 5.75. The number of rotatable bonds is 4. The molecule has 0 aromatic carbocycles. The van der Waals surface area contributed by atoms with Gasteiger partial charge in [-0.05, 0) is 31.4 Å². The summed E-state index contributed by atoms with van der Waals surface area (Å²) in [5.41, 5.74) is 5.75. The first-order valence-corrected chi connectivity index (χ1v) is 6.23. The second-order valence-electron chi connectivity index (χ2n) is 3.84. The van der Waals surface area contributed by atoms with Gasteiger partial charge in [0.15, 0.2) is 5.96 Å². The number of aryl methyl sites for hydroxylation is 1. The summed E-state index contributed by atoms with van der Waals surface area (Å²) in [6.45, 7) is 2.87. The maximum atomic E-state index is 5.75. The van der Waals surface area contributed by atoms with Gasteiger partial charge in [0, 0.05) is 15.8 Å². The third-order valence-corrected chi connectivity index (χ3v) is 3.61. The zero-order valence-electron chi connectivity index (χ0n) is 8.99. The fourth-order valence-corrected chi connectivity index (χ4v) is 2.23. The van der Waals surface area contributed by atoms with Crippen molar-refractivity contribution in [2.75, 3.05) is 0 Å².